The van der Waals surface area contributed by atoms with E-state index in [1.54, 1.807) is 0 Å². The molecule has 1 aliphatic carbocycles. The molecule has 0 spiro atoms. The van der Waals surface area contributed by atoms with Gasteiger partial charge in [-0.1, -0.05) is 13.8 Å². The first kappa shape index (κ1) is 11.3. The van der Waals surface area contributed by atoms with Crippen molar-refractivity contribution in [1.82, 2.24) is 10.2 Å². The van der Waals surface area contributed by atoms with E-state index < -0.39 is 6.04 Å². The van der Waals surface area contributed by atoms with Crippen molar-refractivity contribution in [3.8, 4) is 0 Å². The van der Waals surface area contributed by atoms with Gasteiger partial charge in [-0.25, -0.2) is 0 Å². The molecule has 1 saturated carbocycles. The first-order valence-corrected chi connectivity index (χ1v) is 5.70. The minimum atomic E-state index is -0.561. The van der Waals surface area contributed by atoms with Gasteiger partial charge in [0.05, 0.1) is 6.04 Å². The Bertz CT molecular complexity index is 382. The molecule has 1 aromatic rings. The third kappa shape index (κ3) is 2.47. The number of Topliss-reactive ketones (excluding diaryl/α,β-unsaturated/α-hetero) is 1. The average molecular weight is 223 g/mol. The molecular formula is C11H17N3O2. The van der Waals surface area contributed by atoms with Gasteiger partial charge in [-0.15, -0.1) is 10.2 Å². The van der Waals surface area contributed by atoms with E-state index in [2.05, 4.69) is 10.2 Å². The molecule has 0 radical (unpaired) electrons. The van der Waals surface area contributed by atoms with Gasteiger partial charge in [0.2, 0.25) is 11.7 Å². The van der Waals surface area contributed by atoms with Crippen LogP contribution in [0.1, 0.15) is 43.3 Å². The molecule has 88 valence electrons. The second-order valence-corrected chi connectivity index (χ2v) is 4.78. The summed E-state index contributed by atoms with van der Waals surface area (Å²) >= 11 is 0. The summed E-state index contributed by atoms with van der Waals surface area (Å²) in [5, 5.41) is 7.62. The maximum absolute atomic E-state index is 11.8. The zero-order chi connectivity index (χ0) is 11.7. The van der Waals surface area contributed by atoms with Crippen LogP contribution in [0.25, 0.3) is 0 Å². The lowest BCUT2D eigenvalue weighted by molar-refractivity contribution is 0.0904. The van der Waals surface area contributed by atoms with Crippen LogP contribution in [0.2, 0.25) is 0 Å². The van der Waals surface area contributed by atoms with Crippen molar-refractivity contribution in [3.05, 3.63) is 11.8 Å². The SMILES string of the molecule is CC(C)C(N)C(=O)c1nnc(CC2CC2)o1. The number of ketones is 1. The monoisotopic (exact) mass is 223 g/mol. The van der Waals surface area contributed by atoms with Gasteiger partial charge < -0.3 is 10.2 Å². The molecule has 0 saturated heterocycles. The molecule has 1 aliphatic rings. The lowest BCUT2D eigenvalue weighted by atomic mass is 10.0. The summed E-state index contributed by atoms with van der Waals surface area (Å²) in [6.07, 6.45) is 3.23. The highest BCUT2D eigenvalue weighted by molar-refractivity contribution is 5.95. The van der Waals surface area contributed by atoms with E-state index >= 15 is 0 Å². The summed E-state index contributed by atoms with van der Waals surface area (Å²) in [5.41, 5.74) is 5.74. The Balaban J connectivity index is 2.02. The van der Waals surface area contributed by atoms with E-state index in [1.165, 1.54) is 12.8 Å². The molecule has 5 nitrogen and oxygen atoms in total. The molecule has 2 rings (SSSR count). The fourth-order valence-corrected chi connectivity index (χ4v) is 1.45. The normalized spacial score (nSPS) is 17.8. The first-order chi connectivity index (χ1) is 7.58. The van der Waals surface area contributed by atoms with Gasteiger partial charge >= 0.3 is 0 Å². The number of carbonyl (C=O) groups excluding carboxylic acids is 1. The minimum Gasteiger partial charge on any atom is -0.418 e. The van der Waals surface area contributed by atoms with E-state index in [1.807, 2.05) is 13.8 Å². The Labute approximate surface area is 94.4 Å². The van der Waals surface area contributed by atoms with E-state index in [0.29, 0.717) is 11.8 Å². The predicted octanol–water partition coefficient (Wildman–Crippen LogP) is 1.19. The summed E-state index contributed by atoms with van der Waals surface area (Å²) in [4.78, 5) is 11.8. The molecule has 1 heterocycles. The Morgan fingerprint density at radius 1 is 1.50 bits per heavy atom. The van der Waals surface area contributed by atoms with Gasteiger partial charge in [-0.3, -0.25) is 4.79 Å². The van der Waals surface area contributed by atoms with Gasteiger partial charge in [0, 0.05) is 6.42 Å². The van der Waals surface area contributed by atoms with Crippen molar-refractivity contribution in [3.63, 3.8) is 0 Å². The van der Waals surface area contributed by atoms with Crippen molar-refractivity contribution in [2.75, 3.05) is 0 Å². The quantitative estimate of drug-likeness (QED) is 0.758. The fourth-order valence-electron chi connectivity index (χ4n) is 1.45. The van der Waals surface area contributed by atoms with Crippen LogP contribution in [0.4, 0.5) is 0 Å². The summed E-state index contributed by atoms with van der Waals surface area (Å²) < 4.78 is 5.32. The van der Waals surface area contributed by atoms with Gasteiger partial charge in [0.15, 0.2) is 0 Å². The zero-order valence-electron chi connectivity index (χ0n) is 9.64. The standard InChI is InChI=1S/C11H17N3O2/c1-6(2)9(12)10(15)11-14-13-8(16-11)5-7-3-4-7/h6-7,9H,3-5,12H2,1-2H3. The molecule has 0 aliphatic heterocycles. The van der Waals surface area contributed by atoms with Gasteiger partial charge in [-0.05, 0) is 24.7 Å². The molecule has 0 bridgehead atoms. The third-order valence-electron chi connectivity index (χ3n) is 2.86. The molecule has 1 aromatic heterocycles. The summed E-state index contributed by atoms with van der Waals surface area (Å²) in [6.45, 7) is 3.79. The largest absolute Gasteiger partial charge is 0.418 e. The summed E-state index contributed by atoms with van der Waals surface area (Å²) in [6, 6.07) is -0.561. The molecular weight excluding hydrogens is 206 g/mol. The van der Waals surface area contributed by atoms with Crippen LogP contribution in [-0.2, 0) is 6.42 Å². The second kappa shape index (κ2) is 4.33. The van der Waals surface area contributed by atoms with Gasteiger partial charge in [-0.2, -0.15) is 0 Å². The number of hydrogen-bond acceptors (Lipinski definition) is 5. The Kier molecular flexibility index (Phi) is 3.05. The van der Waals surface area contributed by atoms with Crippen LogP contribution in [0, 0.1) is 11.8 Å². The van der Waals surface area contributed by atoms with Crippen molar-refractivity contribution in [2.45, 2.75) is 39.2 Å². The Morgan fingerprint density at radius 3 is 2.75 bits per heavy atom. The maximum atomic E-state index is 11.8. The number of nitrogens with two attached hydrogens (primary N) is 1. The van der Waals surface area contributed by atoms with Crippen LogP contribution in [0.5, 0.6) is 0 Å². The van der Waals surface area contributed by atoms with E-state index in [-0.39, 0.29) is 17.6 Å². The molecule has 1 fully saturated rings. The molecule has 0 amide bonds. The molecule has 5 heteroatoms. The van der Waals surface area contributed by atoms with Gasteiger partial charge in [0.25, 0.3) is 5.89 Å². The van der Waals surface area contributed by atoms with Crippen molar-refractivity contribution < 1.29 is 9.21 Å². The minimum absolute atomic E-state index is 0.0526. The Hall–Kier alpha value is -1.23. The number of rotatable bonds is 5. The lowest BCUT2D eigenvalue weighted by Gasteiger charge is -2.10. The smallest absolute Gasteiger partial charge is 0.285 e. The van der Waals surface area contributed by atoms with Crippen LogP contribution >= 0.6 is 0 Å². The zero-order valence-corrected chi connectivity index (χ0v) is 9.64. The van der Waals surface area contributed by atoms with E-state index in [0.717, 1.165) is 6.42 Å². The predicted molar refractivity (Wildman–Crippen MR) is 57.9 cm³/mol. The molecule has 2 N–H and O–H groups in total. The molecule has 0 aromatic carbocycles. The number of hydrogen-bond donors (Lipinski definition) is 1. The van der Waals surface area contributed by atoms with Crippen LogP contribution in [0.3, 0.4) is 0 Å². The summed E-state index contributed by atoms with van der Waals surface area (Å²) in [5.74, 6) is 1.09. The highest BCUT2D eigenvalue weighted by Gasteiger charge is 2.27. The number of nitrogens with zero attached hydrogens (tertiary/aromatic N) is 2. The lowest BCUT2D eigenvalue weighted by Crippen LogP contribution is -2.35. The highest BCUT2D eigenvalue weighted by atomic mass is 16.4. The topological polar surface area (TPSA) is 82.0 Å². The number of carbonyl (C=O) groups is 1. The molecule has 1 atom stereocenters. The van der Waals surface area contributed by atoms with Crippen LogP contribution in [-0.4, -0.2) is 22.0 Å². The van der Waals surface area contributed by atoms with Crippen LogP contribution < -0.4 is 5.73 Å². The average Bonchev–Trinajstić information content (AvgIpc) is 2.92. The third-order valence-corrected chi connectivity index (χ3v) is 2.86. The van der Waals surface area contributed by atoms with Crippen molar-refractivity contribution in [2.24, 2.45) is 17.6 Å². The maximum Gasteiger partial charge on any atom is 0.285 e. The fraction of sp³-hybridized carbons (Fsp3) is 0.727. The molecule has 1 unspecified atom stereocenters. The number of aromatic nitrogens is 2. The Morgan fingerprint density at radius 2 is 2.19 bits per heavy atom. The van der Waals surface area contributed by atoms with Crippen molar-refractivity contribution in [1.29, 1.82) is 0 Å². The molecule has 16 heavy (non-hydrogen) atoms. The van der Waals surface area contributed by atoms with E-state index in [9.17, 15) is 4.79 Å². The van der Waals surface area contributed by atoms with E-state index in [4.69, 9.17) is 10.2 Å². The highest BCUT2D eigenvalue weighted by Crippen LogP contribution is 2.32. The van der Waals surface area contributed by atoms with Gasteiger partial charge in [0.1, 0.15) is 0 Å². The second-order valence-electron chi connectivity index (χ2n) is 4.78. The van der Waals surface area contributed by atoms with Crippen molar-refractivity contribution >= 4 is 5.78 Å². The van der Waals surface area contributed by atoms with Crippen LogP contribution in [0.15, 0.2) is 4.42 Å². The first-order valence-electron chi connectivity index (χ1n) is 5.70. The summed E-state index contributed by atoms with van der Waals surface area (Å²) in [7, 11) is 0.